The summed E-state index contributed by atoms with van der Waals surface area (Å²) in [6.45, 7) is 1.48. The van der Waals surface area contributed by atoms with Gasteiger partial charge < -0.3 is 19.5 Å². The molecule has 2 unspecified atom stereocenters. The third kappa shape index (κ3) is 9.39. The number of carbonyl (C=O) groups excluding carboxylic acids is 1. The predicted molar refractivity (Wildman–Crippen MR) is 84.7 cm³/mol. The molecule has 1 amide bonds. The van der Waals surface area contributed by atoms with Crippen LogP contribution in [-0.2, 0) is 15.9 Å². The van der Waals surface area contributed by atoms with Crippen molar-refractivity contribution in [2.24, 2.45) is 0 Å². The number of carbonyl (C=O) groups is 1. The topological polar surface area (TPSA) is 90.5 Å². The van der Waals surface area contributed by atoms with E-state index in [1.54, 1.807) is 30.3 Å². The minimum absolute atomic E-state index is 0. The molecule has 0 aliphatic heterocycles. The Labute approximate surface area is 172 Å². The number of ether oxygens (including phenoxy) is 1. The van der Waals surface area contributed by atoms with E-state index in [1.807, 2.05) is 12.0 Å². The summed E-state index contributed by atoms with van der Waals surface area (Å²) >= 11 is 0. The number of alkyl carbamates (subject to hydrolysis) is 1. The van der Waals surface area contributed by atoms with E-state index < -0.39 is 25.6 Å². The SMILES string of the molecule is CCCCCNP(=O)([O-])C(NC(=O)OCc1ccccc1)C(F)(F)F.[Na+]. The van der Waals surface area contributed by atoms with Crippen LogP contribution in [0.15, 0.2) is 30.3 Å². The van der Waals surface area contributed by atoms with Crippen molar-refractivity contribution in [2.45, 2.75) is 44.8 Å². The summed E-state index contributed by atoms with van der Waals surface area (Å²) in [7, 11) is -5.15. The van der Waals surface area contributed by atoms with Gasteiger partial charge in [-0.15, -0.1) is 0 Å². The van der Waals surface area contributed by atoms with Gasteiger partial charge >= 0.3 is 41.8 Å². The monoisotopic (exact) mass is 404 g/mol. The Morgan fingerprint density at radius 1 is 1.27 bits per heavy atom. The zero-order valence-electron chi connectivity index (χ0n) is 14.7. The van der Waals surface area contributed by atoms with Crippen molar-refractivity contribution in [3.8, 4) is 0 Å². The average Bonchev–Trinajstić information content (AvgIpc) is 2.54. The Morgan fingerprint density at radius 2 is 1.88 bits per heavy atom. The number of hydrogen-bond acceptors (Lipinski definition) is 4. The van der Waals surface area contributed by atoms with E-state index in [1.165, 1.54) is 5.32 Å². The van der Waals surface area contributed by atoms with Gasteiger partial charge in [0.25, 0.3) is 0 Å². The number of hydrogen-bond donors (Lipinski definition) is 2. The van der Waals surface area contributed by atoms with Crippen LogP contribution < -0.4 is 44.9 Å². The van der Waals surface area contributed by atoms with Gasteiger partial charge in [-0.1, -0.05) is 50.1 Å². The first-order valence-corrected chi connectivity index (χ1v) is 9.46. The molecule has 11 heteroatoms. The molecular weight excluding hydrogens is 383 g/mol. The van der Waals surface area contributed by atoms with Crippen LogP contribution in [0.4, 0.5) is 18.0 Å². The molecule has 6 nitrogen and oxygen atoms in total. The van der Waals surface area contributed by atoms with E-state index in [9.17, 15) is 27.4 Å². The van der Waals surface area contributed by atoms with Crippen LogP contribution in [-0.4, -0.2) is 24.6 Å². The van der Waals surface area contributed by atoms with Gasteiger partial charge in [-0.2, -0.15) is 13.2 Å². The van der Waals surface area contributed by atoms with Crippen molar-refractivity contribution in [2.75, 3.05) is 6.54 Å². The second-order valence-corrected chi connectivity index (χ2v) is 7.39. The van der Waals surface area contributed by atoms with Crippen molar-refractivity contribution in [1.29, 1.82) is 0 Å². The van der Waals surface area contributed by atoms with E-state index in [4.69, 9.17) is 0 Å². The van der Waals surface area contributed by atoms with Crippen molar-refractivity contribution >= 4 is 13.6 Å². The summed E-state index contributed by atoms with van der Waals surface area (Å²) in [6, 6.07) is 8.29. The quantitative estimate of drug-likeness (QED) is 0.347. The summed E-state index contributed by atoms with van der Waals surface area (Å²) in [5.41, 5.74) is 0.559. The van der Waals surface area contributed by atoms with E-state index in [0.29, 0.717) is 18.4 Å². The maximum atomic E-state index is 13.0. The summed E-state index contributed by atoms with van der Waals surface area (Å²) in [4.78, 5) is 23.5. The van der Waals surface area contributed by atoms with Crippen molar-refractivity contribution in [1.82, 2.24) is 10.4 Å². The van der Waals surface area contributed by atoms with Gasteiger partial charge in [0.2, 0.25) is 0 Å². The zero-order valence-corrected chi connectivity index (χ0v) is 17.6. The molecule has 0 radical (unpaired) electrons. The van der Waals surface area contributed by atoms with Gasteiger partial charge in [0.05, 0.1) is 0 Å². The van der Waals surface area contributed by atoms with Crippen LogP contribution in [0.1, 0.15) is 31.7 Å². The Kier molecular flexibility index (Phi) is 11.7. The average molecular weight is 404 g/mol. The van der Waals surface area contributed by atoms with Gasteiger partial charge in [0.1, 0.15) is 14.1 Å². The van der Waals surface area contributed by atoms with Crippen LogP contribution in [0.25, 0.3) is 0 Å². The van der Waals surface area contributed by atoms with E-state index in [2.05, 4.69) is 4.74 Å². The van der Waals surface area contributed by atoms with Crippen LogP contribution in [0, 0.1) is 0 Å². The summed E-state index contributed by atoms with van der Waals surface area (Å²) < 4.78 is 55.6. The van der Waals surface area contributed by atoms with Crippen LogP contribution in [0.2, 0.25) is 0 Å². The maximum Gasteiger partial charge on any atom is 1.00 e. The maximum absolute atomic E-state index is 13.0. The van der Waals surface area contributed by atoms with Gasteiger partial charge in [0.15, 0.2) is 5.78 Å². The Hall–Kier alpha value is -0.570. The first kappa shape index (κ1) is 25.4. The molecule has 142 valence electrons. The smallest absolute Gasteiger partial charge is 0.786 e. The summed E-state index contributed by atoms with van der Waals surface area (Å²) in [5.74, 6) is -3.05. The normalized spacial score (nSPS) is 14.7. The first-order valence-electron chi connectivity index (χ1n) is 7.76. The van der Waals surface area contributed by atoms with Crippen molar-refractivity contribution in [3.63, 3.8) is 0 Å². The third-order valence-electron chi connectivity index (χ3n) is 3.23. The Morgan fingerprint density at radius 3 is 2.42 bits per heavy atom. The molecule has 0 aromatic heterocycles. The van der Waals surface area contributed by atoms with Crippen LogP contribution in [0.5, 0.6) is 0 Å². The van der Waals surface area contributed by atoms with E-state index in [-0.39, 0.29) is 42.7 Å². The minimum Gasteiger partial charge on any atom is -0.786 e. The summed E-state index contributed by atoms with van der Waals surface area (Å²) in [6.07, 6.45) is -4.75. The Balaban J connectivity index is 0.00000625. The molecule has 0 aliphatic carbocycles. The number of alkyl halides is 3. The zero-order chi connectivity index (χ0) is 18.9. The molecule has 0 spiro atoms. The standard InChI is InChI=1S/C15H22F3N2O4P.Na/c1-2-3-7-10-19-25(22,23)13(15(16,17)18)20-14(21)24-11-12-8-5-4-6-9-12;/h4-6,8-9,13H,2-3,7,10-11H2,1H3,(H,20,21)(H2,19,22,23);/q;+1/p-1. The van der Waals surface area contributed by atoms with Gasteiger partial charge in [0, 0.05) is 6.54 Å². The second kappa shape index (κ2) is 12.0. The summed E-state index contributed by atoms with van der Waals surface area (Å²) in [5, 5.41) is 3.27. The van der Waals surface area contributed by atoms with Crippen molar-refractivity contribution in [3.05, 3.63) is 35.9 Å². The fraction of sp³-hybridized carbons (Fsp3) is 0.533. The van der Waals surface area contributed by atoms with Gasteiger partial charge in [-0.05, 0) is 12.0 Å². The molecule has 0 saturated heterocycles. The third-order valence-corrected chi connectivity index (χ3v) is 5.00. The number of benzene rings is 1. The molecular formula is C15H21F3N2NaO4P. The number of amides is 1. The van der Waals surface area contributed by atoms with Crippen molar-refractivity contribution < 1.29 is 61.7 Å². The van der Waals surface area contributed by atoms with E-state index >= 15 is 0 Å². The minimum atomic E-state index is -5.17. The number of halogens is 3. The molecule has 2 atom stereocenters. The molecule has 1 aromatic rings. The van der Waals surface area contributed by atoms with E-state index in [0.717, 1.165) is 6.42 Å². The molecule has 1 aromatic carbocycles. The first-order chi connectivity index (χ1) is 11.7. The fourth-order valence-electron chi connectivity index (χ4n) is 1.94. The number of nitrogens with one attached hydrogen (secondary N) is 2. The molecule has 26 heavy (non-hydrogen) atoms. The fourth-order valence-corrected chi connectivity index (χ4v) is 3.25. The molecule has 0 saturated carbocycles. The number of rotatable bonds is 9. The number of unbranched alkanes of at least 4 members (excludes halogenated alkanes) is 2. The van der Waals surface area contributed by atoms with Gasteiger partial charge in [-0.3, -0.25) is 5.09 Å². The van der Waals surface area contributed by atoms with Crippen LogP contribution >= 0.6 is 7.52 Å². The molecule has 0 fully saturated rings. The Bertz CT molecular complexity index is 590. The predicted octanol–water partition coefficient (Wildman–Crippen LogP) is 0.138. The molecule has 0 bridgehead atoms. The van der Waals surface area contributed by atoms with Crippen LogP contribution in [0.3, 0.4) is 0 Å². The largest absolute Gasteiger partial charge is 1.00 e. The van der Waals surface area contributed by atoms with Gasteiger partial charge in [-0.25, -0.2) is 4.79 Å². The molecule has 0 aliphatic rings. The second-order valence-electron chi connectivity index (χ2n) is 5.36. The molecule has 0 heterocycles. The molecule has 2 N–H and O–H groups in total. The molecule has 1 rings (SSSR count).